The molecule has 1 N–H and O–H groups in total. The van der Waals surface area contributed by atoms with Crippen molar-refractivity contribution in [3.05, 3.63) is 23.4 Å². The molecule has 1 aromatic rings. The number of nitrogens with one attached hydrogen (secondary N) is 1. The zero-order valence-corrected chi connectivity index (χ0v) is 12.0. The van der Waals surface area contributed by atoms with Crippen LogP contribution in [-0.4, -0.2) is 30.2 Å². The number of aromatic nitrogens is 1. The lowest BCUT2D eigenvalue weighted by molar-refractivity contribution is 0.548. The fourth-order valence-corrected chi connectivity index (χ4v) is 2.54. The van der Waals surface area contributed by atoms with Crippen LogP contribution in [-0.2, 0) is 0 Å². The van der Waals surface area contributed by atoms with Gasteiger partial charge in [-0.3, -0.25) is 0 Å². The van der Waals surface area contributed by atoms with E-state index in [0.29, 0.717) is 17.6 Å². The van der Waals surface area contributed by atoms with E-state index < -0.39 is 0 Å². The first-order valence-corrected chi connectivity index (χ1v) is 6.99. The first-order valence-electron chi connectivity index (χ1n) is 6.99. The molecule has 1 atom stereocenters. The SMILES string of the molecule is Cc1ccc(C#N)c(N(CC2CCCN2)C(C)C)n1. The van der Waals surface area contributed by atoms with Crippen molar-refractivity contribution in [2.45, 2.75) is 45.7 Å². The molecule has 1 aliphatic heterocycles. The highest BCUT2D eigenvalue weighted by atomic mass is 15.2. The molecule has 1 saturated heterocycles. The summed E-state index contributed by atoms with van der Waals surface area (Å²) in [6.45, 7) is 8.29. The maximum Gasteiger partial charge on any atom is 0.147 e. The summed E-state index contributed by atoms with van der Waals surface area (Å²) in [7, 11) is 0. The second kappa shape index (κ2) is 6.03. The Balaban J connectivity index is 2.27. The van der Waals surface area contributed by atoms with Crippen molar-refractivity contribution in [3.63, 3.8) is 0 Å². The Morgan fingerprint density at radius 1 is 1.53 bits per heavy atom. The molecule has 1 unspecified atom stereocenters. The third-order valence-corrected chi connectivity index (χ3v) is 3.61. The summed E-state index contributed by atoms with van der Waals surface area (Å²) in [5.41, 5.74) is 1.62. The van der Waals surface area contributed by atoms with E-state index in [9.17, 15) is 5.26 Å². The van der Waals surface area contributed by atoms with Crippen LogP contribution in [0.3, 0.4) is 0 Å². The molecule has 4 heteroatoms. The van der Waals surface area contributed by atoms with E-state index in [1.54, 1.807) is 0 Å². The maximum absolute atomic E-state index is 9.27. The van der Waals surface area contributed by atoms with Crippen molar-refractivity contribution in [1.82, 2.24) is 10.3 Å². The third-order valence-electron chi connectivity index (χ3n) is 3.61. The van der Waals surface area contributed by atoms with Crippen LogP contribution in [0.5, 0.6) is 0 Å². The van der Waals surface area contributed by atoms with E-state index in [2.05, 4.69) is 35.1 Å². The second-order valence-corrected chi connectivity index (χ2v) is 5.47. The molecular weight excluding hydrogens is 236 g/mol. The van der Waals surface area contributed by atoms with Gasteiger partial charge in [0.25, 0.3) is 0 Å². The van der Waals surface area contributed by atoms with Crippen molar-refractivity contribution in [1.29, 1.82) is 5.26 Å². The second-order valence-electron chi connectivity index (χ2n) is 5.47. The van der Waals surface area contributed by atoms with Gasteiger partial charge < -0.3 is 10.2 Å². The first kappa shape index (κ1) is 13.8. The van der Waals surface area contributed by atoms with E-state index in [1.165, 1.54) is 12.8 Å². The predicted molar refractivity (Wildman–Crippen MR) is 77.2 cm³/mol. The average Bonchev–Trinajstić information content (AvgIpc) is 2.88. The summed E-state index contributed by atoms with van der Waals surface area (Å²) in [6.07, 6.45) is 2.44. The van der Waals surface area contributed by atoms with Crippen molar-refractivity contribution >= 4 is 5.82 Å². The predicted octanol–water partition coefficient (Wildman–Crippen LogP) is 2.23. The van der Waals surface area contributed by atoms with Gasteiger partial charge in [0.1, 0.15) is 11.9 Å². The van der Waals surface area contributed by atoms with E-state index in [1.807, 2.05) is 19.1 Å². The summed E-state index contributed by atoms with van der Waals surface area (Å²) in [4.78, 5) is 6.83. The van der Waals surface area contributed by atoms with Crippen LogP contribution in [0.1, 0.15) is 37.9 Å². The summed E-state index contributed by atoms with van der Waals surface area (Å²) in [5, 5.41) is 12.8. The van der Waals surface area contributed by atoms with Crippen LogP contribution in [0.25, 0.3) is 0 Å². The molecule has 0 aliphatic carbocycles. The van der Waals surface area contributed by atoms with Crippen molar-refractivity contribution in [3.8, 4) is 6.07 Å². The third kappa shape index (κ3) is 3.24. The quantitative estimate of drug-likeness (QED) is 0.899. The Morgan fingerprint density at radius 3 is 2.89 bits per heavy atom. The van der Waals surface area contributed by atoms with Crippen LogP contribution in [0.15, 0.2) is 12.1 Å². The first-order chi connectivity index (χ1) is 9.11. The number of aryl methyl sites for hydroxylation is 1. The number of pyridine rings is 1. The van der Waals surface area contributed by atoms with Crippen LogP contribution >= 0.6 is 0 Å². The van der Waals surface area contributed by atoms with Gasteiger partial charge in [0.05, 0.1) is 5.56 Å². The minimum atomic E-state index is 0.337. The molecule has 0 aromatic carbocycles. The Bertz CT molecular complexity index is 470. The normalized spacial score (nSPS) is 18.6. The van der Waals surface area contributed by atoms with E-state index >= 15 is 0 Å². The van der Waals surface area contributed by atoms with E-state index in [0.717, 1.165) is 24.6 Å². The Kier molecular flexibility index (Phi) is 4.39. The molecule has 2 rings (SSSR count). The summed E-state index contributed by atoms with van der Waals surface area (Å²) >= 11 is 0. The van der Waals surface area contributed by atoms with Gasteiger partial charge in [0.2, 0.25) is 0 Å². The van der Waals surface area contributed by atoms with Gasteiger partial charge >= 0.3 is 0 Å². The zero-order chi connectivity index (χ0) is 13.8. The minimum Gasteiger partial charge on any atom is -0.352 e. The van der Waals surface area contributed by atoms with Gasteiger partial charge in [-0.05, 0) is 52.3 Å². The van der Waals surface area contributed by atoms with Gasteiger partial charge in [-0.25, -0.2) is 4.98 Å². The molecule has 4 nitrogen and oxygen atoms in total. The van der Waals surface area contributed by atoms with E-state index in [-0.39, 0.29) is 0 Å². The largest absolute Gasteiger partial charge is 0.352 e. The number of hydrogen-bond acceptors (Lipinski definition) is 4. The molecule has 0 saturated carbocycles. The molecule has 1 aromatic heterocycles. The average molecular weight is 258 g/mol. The number of anilines is 1. The lowest BCUT2D eigenvalue weighted by Crippen LogP contribution is -2.42. The van der Waals surface area contributed by atoms with Crippen LogP contribution in [0, 0.1) is 18.3 Å². The van der Waals surface area contributed by atoms with Gasteiger partial charge in [-0.15, -0.1) is 0 Å². The van der Waals surface area contributed by atoms with Crippen LogP contribution in [0.2, 0.25) is 0 Å². The molecule has 1 fully saturated rings. The van der Waals surface area contributed by atoms with E-state index in [4.69, 9.17) is 0 Å². The van der Waals surface area contributed by atoms with Gasteiger partial charge in [0, 0.05) is 24.3 Å². The monoisotopic (exact) mass is 258 g/mol. The fraction of sp³-hybridized carbons (Fsp3) is 0.600. The highest BCUT2D eigenvalue weighted by Crippen LogP contribution is 2.22. The fourth-order valence-electron chi connectivity index (χ4n) is 2.54. The number of nitrogens with zero attached hydrogens (tertiary/aromatic N) is 3. The molecule has 102 valence electrons. The molecule has 0 amide bonds. The van der Waals surface area contributed by atoms with Crippen molar-refractivity contribution < 1.29 is 0 Å². The minimum absolute atomic E-state index is 0.337. The summed E-state index contributed by atoms with van der Waals surface area (Å²) < 4.78 is 0. The number of nitriles is 1. The van der Waals surface area contributed by atoms with Crippen LogP contribution < -0.4 is 10.2 Å². The number of rotatable bonds is 4. The standard InChI is InChI=1S/C15H22N4/c1-11(2)19(10-14-5-4-8-17-14)15-13(9-16)7-6-12(3)18-15/h6-7,11,14,17H,4-5,8,10H2,1-3H3. The zero-order valence-electron chi connectivity index (χ0n) is 12.0. The number of hydrogen-bond donors (Lipinski definition) is 1. The topological polar surface area (TPSA) is 52.0 Å². The smallest absolute Gasteiger partial charge is 0.147 e. The van der Waals surface area contributed by atoms with Crippen molar-refractivity contribution in [2.75, 3.05) is 18.0 Å². The summed E-state index contributed by atoms with van der Waals surface area (Å²) in [6, 6.07) is 6.87. The lowest BCUT2D eigenvalue weighted by atomic mass is 10.1. The highest BCUT2D eigenvalue weighted by molar-refractivity contribution is 5.55. The van der Waals surface area contributed by atoms with Gasteiger partial charge in [0.15, 0.2) is 0 Å². The highest BCUT2D eigenvalue weighted by Gasteiger charge is 2.22. The Morgan fingerprint density at radius 2 is 2.32 bits per heavy atom. The maximum atomic E-state index is 9.27. The summed E-state index contributed by atoms with van der Waals surface area (Å²) in [5.74, 6) is 0.825. The molecule has 2 heterocycles. The van der Waals surface area contributed by atoms with Gasteiger partial charge in [-0.1, -0.05) is 0 Å². The Labute approximate surface area is 115 Å². The molecule has 1 aliphatic rings. The van der Waals surface area contributed by atoms with Gasteiger partial charge in [-0.2, -0.15) is 5.26 Å². The lowest BCUT2D eigenvalue weighted by Gasteiger charge is -2.31. The molecule has 0 bridgehead atoms. The molecule has 0 radical (unpaired) electrons. The molecule has 0 spiro atoms. The molecular formula is C15H22N4. The molecule has 19 heavy (non-hydrogen) atoms. The Hall–Kier alpha value is -1.60. The van der Waals surface area contributed by atoms with Crippen molar-refractivity contribution in [2.24, 2.45) is 0 Å². The van der Waals surface area contributed by atoms with Crippen LogP contribution in [0.4, 0.5) is 5.82 Å².